The largest absolute Gasteiger partial charge is 0.350 e. The van der Waals surface area contributed by atoms with Gasteiger partial charge in [-0.1, -0.05) is 29.3 Å². The normalized spacial score (nSPS) is 10.1. The number of nitrogens with one attached hydrogen (secondary N) is 2. The summed E-state index contributed by atoms with van der Waals surface area (Å²) in [5.41, 5.74) is 1.16. The summed E-state index contributed by atoms with van der Waals surface area (Å²) < 4.78 is 0. The SMILES string of the molecule is O=C(CC(=O)Nc1cc(Cl)cc(Cl)c1)NCc1ccccn1. The smallest absolute Gasteiger partial charge is 0.233 e. The Balaban J connectivity index is 1.82. The number of hydrogen-bond acceptors (Lipinski definition) is 3. The molecule has 0 saturated heterocycles. The standard InChI is InChI=1S/C15H13Cl2N3O2/c16-10-5-11(17)7-13(6-10)20-15(22)8-14(21)19-9-12-3-1-2-4-18-12/h1-7H,8-9H2,(H,19,21)(H,20,22). The summed E-state index contributed by atoms with van der Waals surface area (Å²) >= 11 is 11.7. The lowest BCUT2D eigenvalue weighted by atomic mass is 10.3. The van der Waals surface area contributed by atoms with Gasteiger partial charge in [-0.3, -0.25) is 14.6 Å². The Labute approximate surface area is 137 Å². The summed E-state index contributed by atoms with van der Waals surface area (Å²) in [5, 5.41) is 6.00. The highest BCUT2D eigenvalue weighted by atomic mass is 35.5. The summed E-state index contributed by atoms with van der Waals surface area (Å²) in [4.78, 5) is 27.6. The average Bonchev–Trinajstić information content (AvgIpc) is 2.45. The molecule has 2 amide bonds. The first-order valence-electron chi connectivity index (χ1n) is 6.45. The van der Waals surface area contributed by atoms with Crippen LogP contribution in [0.1, 0.15) is 12.1 Å². The number of anilines is 1. The van der Waals surface area contributed by atoms with Crippen molar-refractivity contribution in [3.8, 4) is 0 Å². The van der Waals surface area contributed by atoms with Crippen LogP contribution in [0.5, 0.6) is 0 Å². The molecule has 7 heteroatoms. The molecule has 0 bridgehead atoms. The Kier molecular flexibility index (Phi) is 5.75. The van der Waals surface area contributed by atoms with Gasteiger partial charge < -0.3 is 10.6 Å². The number of halogens is 2. The third-order valence-electron chi connectivity index (χ3n) is 2.66. The maximum absolute atomic E-state index is 11.8. The van der Waals surface area contributed by atoms with Crippen molar-refractivity contribution in [2.24, 2.45) is 0 Å². The molecule has 0 unspecified atom stereocenters. The van der Waals surface area contributed by atoms with Crippen molar-refractivity contribution in [2.45, 2.75) is 13.0 Å². The van der Waals surface area contributed by atoms with Gasteiger partial charge in [-0.05, 0) is 30.3 Å². The Bertz CT molecular complexity index is 657. The number of hydrogen-bond donors (Lipinski definition) is 2. The van der Waals surface area contributed by atoms with Crippen molar-refractivity contribution in [3.63, 3.8) is 0 Å². The molecule has 2 aromatic rings. The van der Waals surface area contributed by atoms with Crippen molar-refractivity contribution >= 4 is 40.7 Å². The van der Waals surface area contributed by atoms with Crippen molar-refractivity contribution in [3.05, 3.63) is 58.3 Å². The molecule has 1 heterocycles. The number of amides is 2. The predicted molar refractivity (Wildman–Crippen MR) is 85.8 cm³/mol. The maximum Gasteiger partial charge on any atom is 0.233 e. The van der Waals surface area contributed by atoms with Gasteiger partial charge in [0.25, 0.3) is 0 Å². The minimum absolute atomic E-state index is 0.274. The molecule has 0 spiro atoms. The van der Waals surface area contributed by atoms with Gasteiger partial charge in [0.15, 0.2) is 0 Å². The first-order valence-corrected chi connectivity index (χ1v) is 7.21. The second kappa shape index (κ2) is 7.77. The van der Waals surface area contributed by atoms with Crippen LogP contribution in [0.2, 0.25) is 10.0 Å². The molecule has 0 aliphatic heterocycles. The van der Waals surface area contributed by atoms with Crippen LogP contribution in [0, 0.1) is 0 Å². The van der Waals surface area contributed by atoms with Gasteiger partial charge in [-0.2, -0.15) is 0 Å². The van der Waals surface area contributed by atoms with E-state index in [1.54, 1.807) is 36.5 Å². The van der Waals surface area contributed by atoms with E-state index in [1.165, 1.54) is 0 Å². The zero-order valence-corrected chi connectivity index (χ0v) is 13.0. The minimum Gasteiger partial charge on any atom is -0.350 e. The van der Waals surface area contributed by atoms with E-state index in [2.05, 4.69) is 15.6 Å². The summed E-state index contributed by atoms with van der Waals surface area (Å²) in [6.07, 6.45) is 1.34. The fourth-order valence-electron chi connectivity index (χ4n) is 1.73. The summed E-state index contributed by atoms with van der Waals surface area (Å²) in [5.74, 6) is -0.840. The van der Waals surface area contributed by atoms with E-state index in [0.717, 1.165) is 5.69 Å². The van der Waals surface area contributed by atoms with Gasteiger partial charge in [0, 0.05) is 21.9 Å². The monoisotopic (exact) mass is 337 g/mol. The minimum atomic E-state index is -0.447. The van der Waals surface area contributed by atoms with Crippen molar-refractivity contribution in [1.82, 2.24) is 10.3 Å². The molecule has 0 radical (unpaired) electrons. The van der Waals surface area contributed by atoms with E-state index in [-0.39, 0.29) is 13.0 Å². The molecule has 2 rings (SSSR count). The molecular weight excluding hydrogens is 325 g/mol. The number of carbonyl (C=O) groups is 2. The van der Waals surface area contributed by atoms with Crippen LogP contribution in [0.25, 0.3) is 0 Å². The fraction of sp³-hybridized carbons (Fsp3) is 0.133. The number of aromatic nitrogens is 1. The first-order chi connectivity index (χ1) is 10.5. The third-order valence-corrected chi connectivity index (χ3v) is 3.10. The number of rotatable bonds is 5. The lowest BCUT2D eigenvalue weighted by Gasteiger charge is -2.07. The average molecular weight is 338 g/mol. The zero-order valence-electron chi connectivity index (χ0n) is 11.5. The molecule has 22 heavy (non-hydrogen) atoms. The predicted octanol–water partition coefficient (Wildman–Crippen LogP) is 3.03. The van der Waals surface area contributed by atoms with Gasteiger partial charge >= 0.3 is 0 Å². The van der Waals surface area contributed by atoms with Gasteiger partial charge in [-0.15, -0.1) is 0 Å². The molecule has 0 saturated carbocycles. The Morgan fingerprint density at radius 2 is 1.77 bits per heavy atom. The highest BCUT2D eigenvalue weighted by Crippen LogP contribution is 2.22. The Morgan fingerprint density at radius 3 is 2.41 bits per heavy atom. The quantitative estimate of drug-likeness (QED) is 0.823. The molecular formula is C15H13Cl2N3O2. The molecule has 1 aromatic heterocycles. The van der Waals surface area contributed by atoms with Crippen LogP contribution in [-0.2, 0) is 16.1 Å². The molecule has 0 atom stereocenters. The number of pyridine rings is 1. The molecule has 114 valence electrons. The van der Waals surface area contributed by atoms with Crippen LogP contribution in [0.4, 0.5) is 5.69 Å². The number of benzene rings is 1. The van der Waals surface area contributed by atoms with Crippen LogP contribution >= 0.6 is 23.2 Å². The third kappa shape index (κ3) is 5.35. The lowest BCUT2D eigenvalue weighted by Crippen LogP contribution is -2.28. The number of carbonyl (C=O) groups excluding carboxylic acids is 2. The van der Waals surface area contributed by atoms with E-state index in [0.29, 0.717) is 15.7 Å². The highest BCUT2D eigenvalue weighted by molar-refractivity contribution is 6.35. The second-order valence-electron chi connectivity index (χ2n) is 4.48. The van der Waals surface area contributed by atoms with E-state index in [1.807, 2.05) is 6.07 Å². The lowest BCUT2D eigenvalue weighted by molar-refractivity contribution is -0.126. The van der Waals surface area contributed by atoms with Crippen molar-refractivity contribution < 1.29 is 9.59 Å². The molecule has 1 aromatic carbocycles. The van der Waals surface area contributed by atoms with Gasteiger partial charge in [0.05, 0.1) is 12.2 Å². The summed E-state index contributed by atoms with van der Waals surface area (Å²) in [6.45, 7) is 0.274. The molecule has 0 aliphatic rings. The van der Waals surface area contributed by atoms with Crippen LogP contribution < -0.4 is 10.6 Å². The molecule has 2 N–H and O–H groups in total. The van der Waals surface area contributed by atoms with Gasteiger partial charge in [0.1, 0.15) is 6.42 Å². The van der Waals surface area contributed by atoms with Crippen LogP contribution in [-0.4, -0.2) is 16.8 Å². The Morgan fingerprint density at radius 1 is 1.05 bits per heavy atom. The molecule has 5 nitrogen and oxygen atoms in total. The number of nitrogens with zero attached hydrogens (tertiary/aromatic N) is 1. The highest BCUT2D eigenvalue weighted by Gasteiger charge is 2.10. The maximum atomic E-state index is 11.8. The van der Waals surface area contributed by atoms with E-state index in [9.17, 15) is 9.59 Å². The van der Waals surface area contributed by atoms with Crippen LogP contribution in [0.15, 0.2) is 42.6 Å². The van der Waals surface area contributed by atoms with Crippen molar-refractivity contribution in [2.75, 3.05) is 5.32 Å². The molecule has 0 aliphatic carbocycles. The zero-order chi connectivity index (χ0) is 15.9. The van der Waals surface area contributed by atoms with Gasteiger partial charge in [0.2, 0.25) is 11.8 Å². The van der Waals surface area contributed by atoms with Gasteiger partial charge in [-0.25, -0.2) is 0 Å². The van der Waals surface area contributed by atoms with Crippen LogP contribution in [0.3, 0.4) is 0 Å². The summed E-state index contributed by atoms with van der Waals surface area (Å²) in [7, 11) is 0. The molecule has 0 fully saturated rings. The Hall–Kier alpha value is -2.11. The topological polar surface area (TPSA) is 71.1 Å². The fourth-order valence-corrected chi connectivity index (χ4v) is 2.26. The van der Waals surface area contributed by atoms with E-state index >= 15 is 0 Å². The van der Waals surface area contributed by atoms with Crippen molar-refractivity contribution in [1.29, 1.82) is 0 Å². The van der Waals surface area contributed by atoms with E-state index < -0.39 is 11.8 Å². The summed E-state index contributed by atoms with van der Waals surface area (Å²) in [6, 6.07) is 10.1. The van der Waals surface area contributed by atoms with E-state index in [4.69, 9.17) is 23.2 Å². The first kappa shape index (κ1) is 16.3. The second-order valence-corrected chi connectivity index (χ2v) is 5.35.